The summed E-state index contributed by atoms with van der Waals surface area (Å²) in [7, 11) is 0. The third-order valence-electron chi connectivity index (χ3n) is 6.31. The zero-order chi connectivity index (χ0) is 25.6. The second-order valence-corrected chi connectivity index (χ2v) is 9.75. The van der Waals surface area contributed by atoms with E-state index in [1.54, 1.807) is 6.07 Å². The molecule has 0 spiro atoms. The molecule has 0 saturated carbocycles. The second kappa shape index (κ2) is 11.7. The number of benzene rings is 3. The van der Waals surface area contributed by atoms with Crippen LogP contribution in [0, 0.1) is 0 Å². The van der Waals surface area contributed by atoms with Crippen molar-refractivity contribution in [2.45, 2.75) is 39.0 Å². The third kappa shape index (κ3) is 6.07. The molecule has 188 valence electrons. The predicted octanol–water partition coefficient (Wildman–Crippen LogP) is 7.46. The molecule has 0 radical (unpaired) electrons. The van der Waals surface area contributed by atoms with Crippen LogP contribution in [-0.4, -0.2) is 16.2 Å². The summed E-state index contributed by atoms with van der Waals surface area (Å²) in [4.78, 5) is 18.6. The first-order valence-corrected chi connectivity index (χ1v) is 12.9. The van der Waals surface area contributed by atoms with E-state index < -0.39 is 0 Å². The van der Waals surface area contributed by atoms with Gasteiger partial charge >= 0.3 is 0 Å². The molecule has 1 aliphatic carbocycles. The number of hydrogen-bond acceptors (Lipinski definition) is 4. The minimum absolute atomic E-state index is 0.128. The number of ether oxygens (including phenoxy) is 1. The molecule has 0 N–H and O–H groups in total. The van der Waals surface area contributed by atoms with Crippen molar-refractivity contribution in [3.63, 3.8) is 0 Å². The normalized spacial score (nSPS) is 13.4. The number of oxime groups is 1. The highest BCUT2D eigenvalue weighted by Crippen LogP contribution is 2.29. The summed E-state index contributed by atoms with van der Waals surface area (Å²) in [6.45, 7) is 1.09. The summed E-state index contributed by atoms with van der Waals surface area (Å²) in [6, 6.07) is 27.1. The number of nitrogens with zero attached hydrogens (tertiary/aromatic N) is 2. The smallest absolute Gasteiger partial charge is 0.274 e. The van der Waals surface area contributed by atoms with Crippen molar-refractivity contribution in [3.8, 4) is 0 Å². The summed E-state index contributed by atoms with van der Waals surface area (Å²) >= 11 is 12.5. The van der Waals surface area contributed by atoms with Gasteiger partial charge in [0.1, 0.15) is 18.9 Å². The SMILES string of the molecule is O=C1CCCc2c1cc(C(=NOCc1ccccc1)OCc1ccccc1)n2Cc1ccc(Cl)c(Cl)c1. The highest BCUT2D eigenvalue weighted by molar-refractivity contribution is 6.42. The van der Waals surface area contributed by atoms with Crippen LogP contribution >= 0.6 is 23.2 Å². The minimum atomic E-state index is 0.128. The maximum absolute atomic E-state index is 12.8. The number of rotatable bonds is 8. The molecule has 0 bridgehead atoms. The van der Waals surface area contributed by atoms with E-state index in [0.717, 1.165) is 35.2 Å². The molecule has 0 unspecified atom stereocenters. The molecule has 5 nitrogen and oxygen atoms in total. The van der Waals surface area contributed by atoms with Crippen LogP contribution in [-0.2, 0) is 35.8 Å². The largest absolute Gasteiger partial charge is 0.469 e. The van der Waals surface area contributed by atoms with Crippen molar-refractivity contribution in [3.05, 3.63) is 129 Å². The van der Waals surface area contributed by atoms with E-state index in [0.29, 0.717) is 53.4 Å². The maximum Gasteiger partial charge on any atom is 0.274 e. The van der Waals surface area contributed by atoms with Gasteiger partial charge in [0.15, 0.2) is 5.78 Å². The van der Waals surface area contributed by atoms with Gasteiger partial charge in [-0.2, -0.15) is 0 Å². The van der Waals surface area contributed by atoms with Crippen LogP contribution in [0.3, 0.4) is 0 Å². The first kappa shape index (κ1) is 25.1. The fourth-order valence-corrected chi connectivity index (χ4v) is 4.76. The van der Waals surface area contributed by atoms with Crippen LogP contribution in [0.1, 0.15) is 51.3 Å². The quantitative estimate of drug-likeness (QED) is 0.134. The molecule has 3 aromatic carbocycles. The van der Waals surface area contributed by atoms with Crippen LogP contribution in [0.15, 0.2) is 90.1 Å². The van der Waals surface area contributed by atoms with Gasteiger partial charge in [0.05, 0.1) is 10.0 Å². The highest BCUT2D eigenvalue weighted by atomic mass is 35.5. The summed E-state index contributed by atoms with van der Waals surface area (Å²) in [6.07, 6.45) is 2.13. The van der Waals surface area contributed by atoms with Gasteiger partial charge in [0, 0.05) is 24.2 Å². The molecule has 5 rings (SSSR count). The van der Waals surface area contributed by atoms with Crippen molar-refractivity contribution in [2.75, 3.05) is 0 Å². The van der Waals surface area contributed by atoms with Gasteiger partial charge in [-0.25, -0.2) is 0 Å². The summed E-state index contributed by atoms with van der Waals surface area (Å²) < 4.78 is 8.32. The molecule has 1 aromatic heterocycles. The molecular formula is C30H26Cl2N2O3. The van der Waals surface area contributed by atoms with E-state index in [9.17, 15) is 4.79 Å². The second-order valence-electron chi connectivity index (χ2n) is 8.93. The number of carbonyl (C=O) groups is 1. The summed E-state index contributed by atoms with van der Waals surface area (Å²) in [5.74, 6) is 0.449. The maximum atomic E-state index is 12.8. The Morgan fingerprint density at radius 3 is 2.22 bits per heavy atom. The monoisotopic (exact) mass is 532 g/mol. The number of aromatic nitrogens is 1. The van der Waals surface area contributed by atoms with Gasteiger partial charge in [0.2, 0.25) is 0 Å². The first-order chi connectivity index (χ1) is 18.1. The summed E-state index contributed by atoms with van der Waals surface area (Å²) in [5, 5.41) is 5.40. The van der Waals surface area contributed by atoms with Crippen LogP contribution in [0.25, 0.3) is 0 Å². The van der Waals surface area contributed by atoms with E-state index >= 15 is 0 Å². The average molecular weight is 533 g/mol. The van der Waals surface area contributed by atoms with Crippen molar-refractivity contribution in [1.82, 2.24) is 4.57 Å². The van der Waals surface area contributed by atoms with Crippen molar-refractivity contribution < 1.29 is 14.4 Å². The first-order valence-electron chi connectivity index (χ1n) is 12.2. The minimum Gasteiger partial charge on any atom is -0.469 e. The Morgan fingerprint density at radius 2 is 1.51 bits per heavy atom. The van der Waals surface area contributed by atoms with E-state index in [-0.39, 0.29) is 5.78 Å². The van der Waals surface area contributed by atoms with Crippen LogP contribution in [0.4, 0.5) is 0 Å². The van der Waals surface area contributed by atoms with E-state index in [2.05, 4.69) is 9.72 Å². The number of carbonyl (C=O) groups excluding carboxylic acids is 1. The lowest BCUT2D eigenvalue weighted by atomic mass is 9.96. The number of ketones is 1. The molecule has 1 heterocycles. The molecular weight excluding hydrogens is 507 g/mol. The standard InChI is InChI=1S/C30H26Cl2N2O3/c31-25-15-14-23(16-26(25)32)18-34-27-12-7-13-29(35)24(27)17-28(34)30(36-19-21-8-3-1-4-9-21)33-37-20-22-10-5-2-6-11-22/h1-6,8-11,14-17H,7,12-13,18-20H2. The molecule has 1 aliphatic rings. The van der Waals surface area contributed by atoms with Gasteiger partial charge in [-0.05, 0) is 52.9 Å². The Kier molecular flexibility index (Phi) is 7.93. The molecule has 0 saturated heterocycles. The highest BCUT2D eigenvalue weighted by Gasteiger charge is 2.27. The molecule has 37 heavy (non-hydrogen) atoms. The third-order valence-corrected chi connectivity index (χ3v) is 7.05. The Morgan fingerprint density at radius 1 is 0.811 bits per heavy atom. The molecule has 7 heteroatoms. The number of halogens is 2. The van der Waals surface area contributed by atoms with Crippen molar-refractivity contribution in [2.24, 2.45) is 5.16 Å². The summed E-state index contributed by atoms with van der Waals surface area (Å²) in [5.41, 5.74) is 5.32. The fraction of sp³-hybridized carbons (Fsp3) is 0.200. The van der Waals surface area contributed by atoms with Crippen molar-refractivity contribution in [1.29, 1.82) is 0 Å². The Hall–Kier alpha value is -3.54. The molecule has 0 fully saturated rings. The zero-order valence-corrected chi connectivity index (χ0v) is 21.7. The predicted molar refractivity (Wildman–Crippen MR) is 146 cm³/mol. The molecule has 4 aromatic rings. The Balaban J connectivity index is 1.52. The van der Waals surface area contributed by atoms with Gasteiger partial charge in [-0.3, -0.25) is 4.79 Å². The van der Waals surface area contributed by atoms with Crippen LogP contribution < -0.4 is 0 Å². The fourth-order valence-electron chi connectivity index (χ4n) is 4.44. The van der Waals surface area contributed by atoms with Crippen molar-refractivity contribution >= 4 is 34.9 Å². The Bertz CT molecular complexity index is 1420. The van der Waals surface area contributed by atoms with Gasteiger partial charge in [0.25, 0.3) is 5.90 Å². The van der Waals surface area contributed by atoms with Gasteiger partial charge < -0.3 is 14.1 Å². The van der Waals surface area contributed by atoms with Crippen LogP contribution in [0.2, 0.25) is 10.0 Å². The lowest BCUT2D eigenvalue weighted by Crippen LogP contribution is -2.18. The Labute approximate surface area is 226 Å². The van der Waals surface area contributed by atoms with Crippen LogP contribution in [0.5, 0.6) is 0 Å². The number of Topliss-reactive ketones (excluding diaryl/α,β-unsaturated/α-hetero) is 1. The topological polar surface area (TPSA) is 52.8 Å². The van der Waals surface area contributed by atoms with E-state index in [1.807, 2.05) is 78.9 Å². The molecule has 0 aliphatic heterocycles. The van der Waals surface area contributed by atoms with E-state index in [1.165, 1.54) is 0 Å². The lowest BCUT2D eigenvalue weighted by Gasteiger charge is -2.18. The lowest BCUT2D eigenvalue weighted by molar-refractivity contribution is 0.0972. The van der Waals surface area contributed by atoms with Gasteiger partial charge in [-0.1, -0.05) is 89.9 Å². The number of fused-ring (bicyclic) bond motifs is 1. The zero-order valence-electron chi connectivity index (χ0n) is 20.2. The molecule has 0 amide bonds. The molecule has 0 atom stereocenters. The average Bonchev–Trinajstić information content (AvgIpc) is 3.29. The van der Waals surface area contributed by atoms with Gasteiger partial charge in [-0.15, -0.1) is 0 Å². The van der Waals surface area contributed by atoms with E-state index in [4.69, 9.17) is 32.8 Å². The number of hydrogen-bond donors (Lipinski definition) is 0.